The van der Waals surface area contributed by atoms with Crippen LogP contribution in [0.2, 0.25) is 0 Å². The van der Waals surface area contributed by atoms with Gasteiger partial charge in [-0.15, -0.1) is 6.58 Å². The Hall–Kier alpha value is -0.380. The molecule has 17 heavy (non-hydrogen) atoms. The maximum Gasteiger partial charge on any atom is 0.0813 e. The summed E-state index contributed by atoms with van der Waals surface area (Å²) in [6.07, 6.45) is 3.88. The van der Waals surface area contributed by atoms with Crippen LogP contribution in [0.4, 0.5) is 0 Å². The predicted molar refractivity (Wildman–Crippen MR) is 71.3 cm³/mol. The second-order valence-corrected chi connectivity index (χ2v) is 5.30. The zero-order valence-corrected chi connectivity index (χ0v) is 11.5. The molecule has 0 bridgehead atoms. The molecular formula is C14H27NO2. The first-order chi connectivity index (χ1) is 8.08. The Labute approximate surface area is 106 Å². The van der Waals surface area contributed by atoms with Crippen LogP contribution in [0.15, 0.2) is 12.2 Å². The van der Waals surface area contributed by atoms with Crippen molar-refractivity contribution < 1.29 is 9.47 Å². The summed E-state index contributed by atoms with van der Waals surface area (Å²) in [4.78, 5) is 0. The van der Waals surface area contributed by atoms with Crippen LogP contribution in [0.5, 0.6) is 0 Å². The molecule has 1 rings (SSSR count). The number of hydrogen-bond donors (Lipinski definition) is 1. The van der Waals surface area contributed by atoms with Gasteiger partial charge < -0.3 is 14.8 Å². The molecule has 0 aromatic rings. The van der Waals surface area contributed by atoms with E-state index < -0.39 is 0 Å². The van der Waals surface area contributed by atoms with Gasteiger partial charge in [0.2, 0.25) is 0 Å². The third-order valence-corrected chi connectivity index (χ3v) is 2.93. The minimum absolute atomic E-state index is 0.291. The molecule has 0 amide bonds. The molecule has 0 aliphatic carbocycles. The molecule has 1 heterocycles. The van der Waals surface area contributed by atoms with E-state index in [9.17, 15) is 0 Å². The van der Waals surface area contributed by atoms with E-state index in [2.05, 4.69) is 25.7 Å². The van der Waals surface area contributed by atoms with Crippen molar-refractivity contribution in [1.82, 2.24) is 5.32 Å². The molecule has 1 aliphatic rings. The summed E-state index contributed by atoms with van der Waals surface area (Å²) in [5.41, 5.74) is 1.18. The number of ether oxygens (including phenoxy) is 2. The van der Waals surface area contributed by atoms with Gasteiger partial charge in [0.05, 0.1) is 25.4 Å². The number of rotatable bonds is 8. The van der Waals surface area contributed by atoms with Crippen LogP contribution in [-0.2, 0) is 9.47 Å². The molecule has 2 unspecified atom stereocenters. The van der Waals surface area contributed by atoms with Crippen molar-refractivity contribution >= 4 is 0 Å². The van der Waals surface area contributed by atoms with Crippen molar-refractivity contribution in [3.8, 4) is 0 Å². The standard InChI is InChI=1S/C14H27NO2/c1-11(2)7-8-16-10-14-6-5-13(17-14)9-15-12(3)4/h12-15H,1,5-10H2,2-4H3. The Kier molecular flexibility index (Phi) is 6.78. The maximum atomic E-state index is 5.91. The highest BCUT2D eigenvalue weighted by molar-refractivity contribution is 4.87. The second kappa shape index (κ2) is 7.85. The lowest BCUT2D eigenvalue weighted by atomic mass is 10.2. The average molecular weight is 241 g/mol. The molecule has 3 heteroatoms. The molecular weight excluding hydrogens is 214 g/mol. The molecule has 0 spiro atoms. The summed E-state index contributed by atoms with van der Waals surface area (Å²) in [5.74, 6) is 0. The summed E-state index contributed by atoms with van der Waals surface area (Å²) in [5, 5.41) is 3.41. The minimum Gasteiger partial charge on any atom is -0.378 e. The molecule has 1 N–H and O–H groups in total. The van der Waals surface area contributed by atoms with Crippen LogP contribution in [0.25, 0.3) is 0 Å². The van der Waals surface area contributed by atoms with Gasteiger partial charge in [0.1, 0.15) is 0 Å². The van der Waals surface area contributed by atoms with E-state index in [1.165, 1.54) is 5.57 Å². The highest BCUT2D eigenvalue weighted by Gasteiger charge is 2.24. The lowest BCUT2D eigenvalue weighted by molar-refractivity contribution is -0.0140. The zero-order chi connectivity index (χ0) is 12.7. The van der Waals surface area contributed by atoms with E-state index in [4.69, 9.17) is 9.47 Å². The monoisotopic (exact) mass is 241 g/mol. The smallest absolute Gasteiger partial charge is 0.0813 e. The van der Waals surface area contributed by atoms with Gasteiger partial charge in [-0.25, -0.2) is 0 Å². The van der Waals surface area contributed by atoms with Crippen LogP contribution in [-0.4, -0.2) is 38.0 Å². The fourth-order valence-electron chi connectivity index (χ4n) is 1.88. The third-order valence-electron chi connectivity index (χ3n) is 2.93. The largest absolute Gasteiger partial charge is 0.378 e. The first-order valence-electron chi connectivity index (χ1n) is 6.69. The van der Waals surface area contributed by atoms with Crippen molar-refractivity contribution in [3.05, 3.63) is 12.2 Å². The van der Waals surface area contributed by atoms with Crippen LogP contribution >= 0.6 is 0 Å². The van der Waals surface area contributed by atoms with Crippen molar-refractivity contribution in [2.24, 2.45) is 0 Å². The van der Waals surface area contributed by atoms with E-state index in [0.29, 0.717) is 18.2 Å². The van der Waals surface area contributed by atoms with Crippen molar-refractivity contribution in [2.75, 3.05) is 19.8 Å². The molecule has 1 saturated heterocycles. The summed E-state index contributed by atoms with van der Waals surface area (Å²) >= 11 is 0. The molecule has 1 aliphatic heterocycles. The Balaban J connectivity index is 2.03. The second-order valence-electron chi connectivity index (χ2n) is 5.30. The van der Waals surface area contributed by atoms with Gasteiger partial charge in [0, 0.05) is 12.6 Å². The Morgan fingerprint density at radius 2 is 2.12 bits per heavy atom. The van der Waals surface area contributed by atoms with Crippen molar-refractivity contribution in [3.63, 3.8) is 0 Å². The highest BCUT2D eigenvalue weighted by Crippen LogP contribution is 2.19. The minimum atomic E-state index is 0.291. The zero-order valence-electron chi connectivity index (χ0n) is 11.5. The van der Waals surface area contributed by atoms with Crippen molar-refractivity contribution in [2.45, 2.75) is 58.3 Å². The molecule has 2 atom stereocenters. The Morgan fingerprint density at radius 3 is 2.76 bits per heavy atom. The van der Waals surface area contributed by atoms with Gasteiger partial charge in [-0.3, -0.25) is 0 Å². The van der Waals surface area contributed by atoms with Gasteiger partial charge in [-0.1, -0.05) is 19.4 Å². The highest BCUT2D eigenvalue weighted by atomic mass is 16.5. The van der Waals surface area contributed by atoms with Crippen LogP contribution < -0.4 is 5.32 Å². The van der Waals surface area contributed by atoms with Gasteiger partial charge in [0.15, 0.2) is 0 Å². The molecule has 0 radical (unpaired) electrons. The molecule has 3 nitrogen and oxygen atoms in total. The lowest BCUT2D eigenvalue weighted by Crippen LogP contribution is -2.32. The van der Waals surface area contributed by atoms with E-state index in [1.807, 2.05) is 6.92 Å². The number of hydrogen-bond acceptors (Lipinski definition) is 3. The molecule has 0 aromatic carbocycles. The SMILES string of the molecule is C=C(C)CCOCC1CCC(CNC(C)C)O1. The maximum absolute atomic E-state index is 5.91. The fourth-order valence-corrected chi connectivity index (χ4v) is 1.88. The predicted octanol–water partition coefficient (Wildman–Crippen LogP) is 2.51. The molecule has 0 saturated carbocycles. The fraction of sp³-hybridized carbons (Fsp3) is 0.857. The number of nitrogens with one attached hydrogen (secondary N) is 1. The normalized spacial score (nSPS) is 24.5. The van der Waals surface area contributed by atoms with E-state index in [-0.39, 0.29) is 0 Å². The van der Waals surface area contributed by atoms with E-state index >= 15 is 0 Å². The van der Waals surface area contributed by atoms with Crippen molar-refractivity contribution in [1.29, 1.82) is 0 Å². The first kappa shape index (κ1) is 14.7. The van der Waals surface area contributed by atoms with Crippen LogP contribution in [0.1, 0.15) is 40.0 Å². The van der Waals surface area contributed by atoms with E-state index in [0.717, 1.165) is 39.0 Å². The third kappa shape index (κ3) is 6.81. The van der Waals surface area contributed by atoms with E-state index in [1.54, 1.807) is 0 Å². The van der Waals surface area contributed by atoms with Crippen LogP contribution in [0, 0.1) is 0 Å². The average Bonchev–Trinajstić information content (AvgIpc) is 2.69. The molecule has 100 valence electrons. The van der Waals surface area contributed by atoms with Gasteiger partial charge >= 0.3 is 0 Å². The molecule has 0 aromatic heterocycles. The lowest BCUT2D eigenvalue weighted by Gasteiger charge is -2.16. The quantitative estimate of drug-likeness (QED) is 0.523. The Bertz CT molecular complexity index is 228. The van der Waals surface area contributed by atoms with Gasteiger partial charge in [-0.2, -0.15) is 0 Å². The summed E-state index contributed by atoms with van der Waals surface area (Å²) in [7, 11) is 0. The van der Waals surface area contributed by atoms with Crippen LogP contribution in [0.3, 0.4) is 0 Å². The topological polar surface area (TPSA) is 30.5 Å². The summed E-state index contributed by atoms with van der Waals surface area (Å²) in [6, 6.07) is 0.532. The first-order valence-corrected chi connectivity index (χ1v) is 6.69. The summed E-state index contributed by atoms with van der Waals surface area (Å²) < 4.78 is 11.5. The Morgan fingerprint density at radius 1 is 1.41 bits per heavy atom. The molecule has 1 fully saturated rings. The van der Waals surface area contributed by atoms with Gasteiger partial charge in [0.25, 0.3) is 0 Å². The van der Waals surface area contributed by atoms with Gasteiger partial charge in [-0.05, 0) is 26.2 Å². The summed E-state index contributed by atoms with van der Waals surface area (Å²) in [6.45, 7) is 12.7.